The second-order valence-electron chi connectivity index (χ2n) is 1.07. The van der Waals surface area contributed by atoms with Gasteiger partial charge in [-0.3, -0.25) is 4.55 Å². The molecule has 0 atom stereocenters. The van der Waals surface area contributed by atoms with Crippen molar-refractivity contribution >= 4 is 51.5 Å². The van der Waals surface area contributed by atoms with E-state index in [0.29, 0.717) is 0 Å². The van der Waals surface area contributed by atoms with Crippen LogP contribution in [0.15, 0.2) is 0 Å². The number of hydrogen-bond donors (Lipinski definition) is 3. The van der Waals surface area contributed by atoms with Crippen molar-refractivity contribution in [2.45, 2.75) is 0 Å². The van der Waals surface area contributed by atoms with Crippen LogP contribution >= 0.6 is 11.8 Å². The molecule has 60 valence electrons. The van der Waals surface area contributed by atoms with Gasteiger partial charge in [0.2, 0.25) is 0 Å². The predicted molar refractivity (Wildman–Crippen MR) is 42.7 cm³/mol. The summed E-state index contributed by atoms with van der Waals surface area (Å²) in [7, 11) is -3.80. The number of nitrogens with two attached hydrogens (primary N) is 2. The van der Waals surface area contributed by atoms with Crippen LogP contribution < -0.4 is 11.0 Å². The molecule has 0 saturated carbocycles. The second-order valence-corrected chi connectivity index (χ2v) is 2.65. The Kier molecular flexibility index (Phi) is 17.5. The Balaban J connectivity index is -0.000000149. The molecule has 0 fully saturated rings. The van der Waals surface area contributed by atoms with E-state index in [4.69, 9.17) is 10.3 Å². The zero-order valence-corrected chi connectivity index (χ0v) is 6.19. The van der Waals surface area contributed by atoms with E-state index in [1.807, 2.05) is 0 Å². The summed E-state index contributed by atoms with van der Waals surface area (Å²) < 4.78 is 27.3. The summed E-state index contributed by atoms with van der Waals surface area (Å²) in [4.78, 5) is 0. The average molecular weight is 201 g/mol. The first-order valence-electron chi connectivity index (χ1n) is 1.93. The fraction of sp³-hybridized carbons (Fsp3) is 1.00. The summed E-state index contributed by atoms with van der Waals surface area (Å²) in [5, 5.41) is 3.97. The van der Waals surface area contributed by atoms with Gasteiger partial charge in [0.1, 0.15) is 0 Å². The van der Waals surface area contributed by atoms with Crippen LogP contribution in [0, 0.1) is 0 Å². The molecule has 0 unspecified atom stereocenters. The molecule has 0 amide bonds. The Morgan fingerprint density at radius 3 is 1.70 bits per heavy atom. The van der Waals surface area contributed by atoms with Crippen molar-refractivity contribution in [1.82, 2.24) is 0 Å². The second kappa shape index (κ2) is 10.1. The summed E-state index contributed by atoms with van der Waals surface area (Å²) in [6, 6.07) is 0. The summed E-state index contributed by atoms with van der Waals surface area (Å²) in [6.07, 6.45) is 0. The molecule has 5 nitrogen and oxygen atoms in total. The van der Waals surface area contributed by atoms with Crippen molar-refractivity contribution in [2.75, 3.05) is 12.3 Å². The molecule has 10 heavy (non-hydrogen) atoms. The van der Waals surface area contributed by atoms with Crippen molar-refractivity contribution in [3.8, 4) is 0 Å². The van der Waals surface area contributed by atoms with Gasteiger partial charge in [-0.15, -0.1) is 0 Å². The normalized spacial score (nSPS) is 8.80. The van der Waals surface area contributed by atoms with Gasteiger partial charge in [-0.05, 0) is 11.8 Å². The molecule has 0 bridgehead atoms. The molecule has 0 rings (SSSR count). The zero-order valence-electron chi connectivity index (χ0n) is 4.62. The quantitative estimate of drug-likeness (QED) is 0.279. The Bertz CT molecular complexity index is 137. The average Bonchev–Trinajstić information content (AvgIpc) is 1.69. The molecule has 0 aromatic heterocycles. The summed E-state index contributed by atoms with van der Waals surface area (Å²) >= 11 is 4.14. The van der Waals surface area contributed by atoms with Gasteiger partial charge in [0, 0.05) is 6.54 Å². The molecule has 0 aromatic rings. The van der Waals surface area contributed by atoms with Gasteiger partial charge in [0.25, 0.3) is 10.1 Å². The van der Waals surface area contributed by atoms with Crippen molar-refractivity contribution in [1.29, 1.82) is 0 Å². The van der Waals surface area contributed by atoms with Gasteiger partial charge >= 0.3 is 29.6 Å². The number of hydrogen-bond acceptors (Lipinski definition) is 4. The predicted octanol–water partition coefficient (Wildman–Crippen LogP) is -1.72. The van der Waals surface area contributed by atoms with Gasteiger partial charge < -0.3 is 5.73 Å². The standard InChI is InChI=1S/C2H7NO3S.ClH2N.Na.H/c3-1-2-7(4,5)6;1-2;;/h1-3H2,(H,4,5,6);2H2;;. The Hall–Kier alpha value is 1.12. The number of rotatable bonds is 2. The topological polar surface area (TPSA) is 106 Å². The maximum atomic E-state index is 9.71. The third-order valence-corrected chi connectivity index (χ3v) is 1.13. The Morgan fingerprint density at radius 1 is 1.40 bits per heavy atom. The minimum atomic E-state index is -3.80. The molecular formula is C2H10ClN2NaO3S. The van der Waals surface area contributed by atoms with Crippen LogP contribution in [-0.4, -0.2) is 54.8 Å². The van der Waals surface area contributed by atoms with Crippen molar-refractivity contribution in [2.24, 2.45) is 11.0 Å². The number of halogens is 1. The zero-order chi connectivity index (χ0) is 7.91. The molecule has 8 heteroatoms. The van der Waals surface area contributed by atoms with E-state index in [2.05, 4.69) is 17.0 Å². The van der Waals surface area contributed by atoms with Crippen molar-refractivity contribution in [3.05, 3.63) is 0 Å². The molecule has 0 aliphatic carbocycles. The third kappa shape index (κ3) is 22.9. The van der Waals surface area contributed by atoms with Crippen LogP contribution in [0.25, 0.3) is 0 Å². The van der Waals surface area contributed by atoms with Gasteiger partial charge in [-0.2, -0.15) is 8.42 Å². The first kappa shape index (κ1) is 17.3. The fourth-order valence-corrected chi connectivity index (χ4v) is 0.447. The van der Waals surface area contributed by atoms with Crippen LogP contribution in [0.5, 0.6) is 0 Å². The van der Waals surface area contributed by atoms with Crippen LogP contribution in [0.3, 0.4) is 0 Å². The SMILES string of the molecule is NCCS(=O)(=O)O.NCl.[NaH]. The van der Waals surface area contributed by atoms with E-state index in [0.717, 1.165) is 0 Å². The van der Waals surface area contributed by atoms with E-state index >= 15 is 0 Å². The molecule has 0 aromatic carbocycles. The molecule has 0 saturated heterocycles. The molecule has 0 aliphatic rings. The molecular weight excluding hydrogens is 191 g/mol. The third-order valence-electron chi connectivity index (χ3n) is 0.376. The van der Waals surface area contributed by atoms with Gasteiger partial charge in [0.05, 0.1) is 5.75 Å². The van der Waals surface area contributed by atoms with Gasteiger partial charge in [-0.1, -0.05) is 0 Å². The summed E-state index contributed by atoms with van der Waals surface area (Å²) in [5.74, 6) is -0.354. The van der Waals surface area contributed by atoms with Gasteiger partial charge in [-0.25, -0.2) is 5.25 Å². The fourth-order valence-electron chi connectivity index (χ4n) is 0.149. The van der Waals surface area contributed by atoms with E-state index in [1.54, 1.807) is 0 Å². The Labute approximate surface area is 87.2 Å². The van der Waals surface area contributed by atoms with E-state index in [1.165, 1.54) is 0 Å². The summed E-state index contributed by atoms with van der Waals surface area (Å²) in [5.41, 5.74) is 4.78. The first-order valence-corrected chi connectivity index (χ1v) is 3.98. The van der Waals surface area contributed by atoms with E-state index in [9.17, 15) is 8.42 Å². The summed E-state index contributed by atoms with van der Waals surface area (Å²) in [6.45, 7) is -0.0289. The minimum absolute atomic E-state index is 0. The molecule has 0 heterocycles. The Morgan fingerprint density at radius 2 is 1.70 bits per heavy atom. The maximum absolute atomic E-state index is 9.71. The van der Waals surface area contributed by atoms with Crippen molar-refractivity contribution in [3.63, 3.8) is 0 Å². The van der Waals surface area contributed by atoms with E-state index in [-0.39, 0.29) is 41.9 Å². The monoisotopic (exact) mass is 200 g/mol. The van der Waals surface area contributed by atoms with Crippen LogP contribution in [0.1, 0.15) is 0 Å². The molecule has 5 N–H and O–H groups in total. The molecule has 0 radical (unpaired) electrons. The van der Waals surface area contributed by atoms with Crippen LogP contribution in [0.2, 0.25) is 0 Å². The molecule has 0 spiro atoms. The first-order chi connectivity index (χ1) is 4.06. The van der Waals surface area contributed by atoms with E-state index < -0.39 is 10.1 Å². The van der Waals surface area contributed by atoms with Crippen molar-refractivity contribution < 1.29 is 13.0 Å². The van der Waals surface area contributed by atoms with Crippen LogP contribution in [0.4, 0.5) is 0 Å². The van der Waals surface area contributed by atoms with Crippen LogP contribution in [-0.2, 0) is 10.1 Å². The molecule has 0 aliphatic heterocycles. The van der Waals surface area contributed by atoms with Gasteiger partial charge in [0.15, 0.2) is 0 Å².